The van der Waals surface area contributed by atoms with E-state index >= 15 is 0 Å². The summed E-state index contributed by atoms with van der Waals surface area (Å²) in [5.41, 5.74) is -0.356. The Morgan fingerprint density at radius 3 is 2.69 bits per heavy atom. The summed E-state index contributed by atoms with van der Waals surface area (Å²) in [7, 11) is 1.18. The summed E-state index contributed by atoms with van der Waals surface area (Å²) in [4.78, 5) is 20.3. The second kappa shape index (κ2) is 8.41. The van der Waals surface area contributed by atoms with Crippen LogP contribution in [0.2, 0.25) is 5.02 Å². The van der Waals surface area contributed by atoms with Gasteiger partial charge in [-0.1, -0.05) is 33.6 Å². The van der Waals surface area contributed by atoms with Gasteiger partial charge in [-0.05, 0) is 12.1 Å². The number of ether oxygens (including phenoxy) is 1. The number of carbonyl (C=O) groups excluding carboxylic acids is 1. The third-order valence-corrected chi connectivity index (χ3v) is 5.66. The van der Waals surface area contributed by atoms with Gasteiger partial charge < -0.3 is 10.1 Å². The monoisotopic (exact) mass is 511 g/mol. The fourth-order valence-corrected chi connectivity index (χ4v) is 4.11. The standard InChI is InChI=1S/C17H11BrClF4N3O2S/c1-28-16(27)12-10(5-18)24-14(15-25-11(6-29-15)17(21,22)23)26-13(12)8-3-2-7(20)4-9(8)19/h2-4,6,13H,5H2,1H3,(H,24,26)/t13-/m0/s1. The molecule has 1 aliphatic rings. The number of carbonyl (C=O) groups is 1. The van der Waals surface area contributed by atoms with Gasteiger partial charge in [0.15, 0.2) is 16.5 Å². The number of thiazole rings is 1. The van der Waals surface area contributed by atoms with Crippen molar-refractivity contribution in [2.75, 3.05) is 12.4 Å². The first-order chi connectivity index (χ1) is 13.7. The fraction of sp³-hybridized carbons (Fsp3) is 0.235. The molecule has 1 atom stereocenters. The Labute approximate surface area is 179 Å². The van der Waals surface area contributed by atoms with E-state index in [1.807, 2.05) is 0 Å². The molecule has 0 bridgehead atoms. The molecule has 0 spiro atoms. The molecule has 0 fully saturated rings. The lowest BCUT2D eigenvalue weighted by molar-refractivity contribution is -0.140. The number of allylic oxidation sites excluding steroid dienone is 1. The van der Waals surface area contributed by atoms with Gasteiger partial charge in [-0.15, -0.1) is 11.3 Å². The predicted octanol–water partition coefficient (Wildman–Crippen LogP) is 4.87. The molecule has 5 nitrogen and oxygen atoms in total. The van der Waals surface area contributed by atoms with Crippen LogP contribution in [0.1, 0.15) is 22.3 Å². The highest BCUT2D eigenvalue weighted by Gasteiger charge is 2.36. The molecule has 29 heavy (non-hydrogen) atoms. The molecule has 1 aromatic carbocycles. The predicted molar refractivity (Wildman–Crippen MR) is 104 cm³/mol. The summed E-state index contributed by atoms with van der Waals surface area (Å²) >= 11 is 10.1. The second-order valence-corrected chi connectivity index (χ2v) is 7.55. The highest BCUT2D eigenvalue weighted by atomic mass is 79.9. The maximum absolute atomic E-state index is 13.5. The van der Waals surface area contributed by atoms with Gasteiger partial charge in [0.2, 0.25) is 0 Å². The number of nitrogens with one attached hydrogen (secondary N) is 1. The van der Waals surface area contributed by atoms with Crippen molar-refractivity contribution in [1.29, 1.82) is 0 Å². The summed E-state index contributed by atoms with van der Waals surface area (Å²) in [5.74, 6) is -1.27. The van der Waals surface area contributed by atoms with E-state index in [1.54, 1.807) is 0 Å². The minimum absolute atomic E-state index is 0.00504. The number of hydrogen-bond donors (Lipinski definition) is 1. The number of aromatic nitrogens is 1. The quantitative estimate of drug-likeness (QED) is 0.361. The molecule has 154 valence electrons. The summed E-state index contributed by atoms with van der Waals surface area (Å²) in [5, 5.41) is 3.82. The van der Waals surface area contributed by atoms with Gasteiger partial charge in [0, 0.05) is 27.0 Å². The summed E-state index contributed by atoms with van der Waals surface area (Å²) in [6.07, 6.45) is -4.60. The van der Waals surface area contributed by atoms with Crippen LogP contribution in [0.4, 0.5) is 17.6 Å². The van der Waals surface area contributed by atoms with E-state index in [0.717, 1.165) is 28.8 Å². The fourth-order valence-electron chi connectivity index (χ4n) is 2.62. The largest absolute Gasteiger partial charge is 0.466 e. The van der Waals surface area contributed by atoms with E-state index < -0.39 is 29.7 Å². The van der Waals surface area contributed by atoms with Crippen LogP contribution in [0, 0.1) is 5.82 Å². The van der Waals surface area contributed by atoms with Crippen molar-refractivity contribution >= 4 is 50.7 Å². The second-order valence-electron chi connectivity index (χ2n) is 5.72. The number of hydrogen-bond acceptors (Lipinski definition) is 6. The van der Waals surface area contributed by atoms with Gasteiger partial charge in [0.1, 0.15) is 11.9 Å². The van der Waals surface area contributed by atoms with Gasteiger partial charge in [-0.25, -0.2) is 14.2 Å². The molecule has 1 N–H and O–H groups in total. The van der Waals surface area contributed by atoms with E-state index in [9.17, 15) is 22.4 Å². The number of halogens is 6. The zero-order chi connectivity index (χ0) is 21.3. The SMILES string of the molecule is COC(=O)C1=C(CBr)NC(c2nc(C(F)(F)F)cs2)=N[C@H]1c1ccc(F)cc1Cl. The van der Waals surface area contributed by atoms with Crippen molar-refractivity contribution in [3.05, 3.63) is 62.0 Å². The molecular formula is C17H11BrClF4N3O2S. The molecule has 0 saturated heterocycles. The van der Waals surface area contributed by atoms with Crippen LogP contribution in [-0.2, 0) is 15.7 Å². The van der Waals surface area contributed by atoms with Gasteiger partial charge in [0.25, 0.3) is 0 Å². The lowest BCUT2D eigenvalue weighted by Crippen LogP contribution is -2.34. The van der Waals surface area contributed by atoms with Crippen LogP contribution in [0.3, 0.4) is 0 Å². The molecule has 12 heteroatoms. The number of amidine groups is 1. The van der Waals surface area contributed by atoms with Crippen molar-refractivity contribution < 1.29 is 27.1 Å². The van der Waals surface area contributed by atoms with Crippen LogP contribution < -0.4 is 5.32 Å². The Bertz CT molecular complexity index is 1020. The lowest BCUT2D eigenvalue weighted by atomic mass is 9.96. The molecular weight excluding hydrogens is 502 g/mol. The molecule has 0 amide bonds. The van der Waals surface area contributed by atoms with Gasteiger partial charge in [0.05, 0.1) is 12.7 Å². The minimum atomic E-state index is -4.60. The van der Waals surface area contributed by atoms with Crippen molar-refractivity contribution in [1.82, 2.24) is 10.3 Å². The zero-order valence-corrected chi connectivity index (χ0v) is 17.6. The molecule has 0 saturated carbocycles. The van der Waals surface area contributed by atoms with E-state index in [1.165, 1.54) is 13.2 Å². The minimum Gasteiger partial charge on any atom is -0.466 e. The first-order valence-electron chi connectivity index (χ1n) is 7.86. The number of esters is 1. The summed E-state index contributed by atoms with van der Waals surface area (Å²) in [6.45, 7) is 0. The number of methoxy groups -OCH3 is 1. The van der Waals surface area contributed by atoms with E-state index in [4.69, 9.17) is 16.3 Å². The molecule has 1 aliphatic heterocycles. The smallest absolute Gasteiger partial charge is 0.434 e. The Morgan fingerprint density at radius 2 is 2.14 bits per heavy atom. The summed E-state index contributed by atoms with van der Waals surface area (Å²) in [6, 6.07) is 2.53. The zero-order valence-electron chi connectivity index (χ0n) is 14.5. The Hall–Kier alpha value is -1.98. The van der Waals surface area contributed by atoms with Crippen LogP contribution in [-0.4, -0.2) is 29.2 Å². The molecule has 0 aliphatic carbocycles. The number of nitrogens with zero attached hydrogens (tertiary/aromatic N) is 2. The average molecular weight is 513 g/mol. The molecule has 3 rings (SSSR count). The average Bonchev–Trinajstić information content (AvgIpc) is 3.17. The van der Waals surface area contributed by atoms with Crippen LogP contribution >= 0.6 is 38.9 Å². The van der Waals surface area contributed by atoms with Crippen molar-refractivity contribution in [3.63, 3.8) is 0 Å². The van der Waals surface area contributed by atoms with E-state index in [-0.39, 0.29) is 26.8 Å². The van der Waals surface area contributed by atoms with Crippen molar-refractivity contribution in [2.45, 2.75) is 12.2 Å². The number of benzene rings is 1. The molecule has 2 aromatic rings. The first kappa shape index (κ1) is 21.7. The van der Waals surface area contributed by atoms with Crippen molar-refractivity contribution in [3.8, 4) is 0 Å². The van der Waals surface area contributed by atoms with E-state index in [2.05, 4.69) is 31.2 Å². The molecule has 0 radical (unpaired) electrons. The van der Waals surface area contributed by atoms with E-state index in [0.29, 0.717) is 11.3 Å². The lowest BCUT2D eigenvalue weighted by Gasteiger charge is -2.26. The van der Waals surface area contributed by atoms with Crippen LogP contribution in [0.5, 0.6) is 0 Å². The van der Waals surface area contributed by atoms with Gasteiger partial charge >= 0.3 is 12.1 Å². The van der Waals surface area contributed by atoms with Gasteiger partial charge in [-0.3, -0.25) is 4.99 Å². The van der Waals surface area contributed by atoms with Crippen LogP contribution in [0.15, 0.2) is 39.8 Å². The van der Waals surface area contributed by atoms with Gasteiger partial charge in [-0.2, -0.15) is 13.2 Å². The number of rotatable bonds is 4. The Morgan fingerprint density at radius 1 is 1.41 bits per heavy atom. The maximum Gasteiger partial charge on any atom is 0.434 e. The third-order valence-electron chi connectivity index (χ3n) is 3.92. The van der Waals surface area contributed by atoms with Crippen molar-refractivity contribution in [2.24, 2.45) is 4.99 Å². The molecule has 0 unspecified atom stereocenters. The highest BCUT2D eigenvalue weighted by molar-refractivity contribution is 9.09. The summed E-state index contributed by atoms with van der Waals surface area (Å²) < 4.78 is 57.0. The van der Waals surface area contributed by atoms with Crippen LogP contribution in [0.25, 0.3) is 0 Å². The topological polar surface area (TPSA) is 63.6 Å². The number of aliphatic imine (C=N–C) groups is 1. The third kappa shape index (κ3) is 4.46. The molecule has 2 heterocycles. The normalized spacial score (nSPS) is 17.1. The maximum atomic E-state index is 13.5. The molecule has 1 aromatic heterocycles. The first-order valence-corrected chi connectivity index (χ1v) is 10.2. The Kier molecular flexibility index (Phi) is 6.30. The highest BCUT2D eigenvalue weighted by Crippen LogP contribution is 2.37. The Balaban J connectivity index is 2.14. The number of alkyl halides is 4.